The summed E-state index contributed by atoms with van der Waals surface area (Å²) in [6.07, 6.45) is 30.8. The number of aryl methyl sites for hydroxylation is 1. The maximum atomic E-state index is 14.2. The van der Waals surface area contributed by atoms with E-state index in [1.54, 1.807) is 0 Å². The van der Waals surface area contributed by atoms with Crippen molar-refractivity contribution < 1.29 is 42.3 Å². The van der Waals surface area contributed by atoms with Gasteiger partial charge >= 0.3 is 7.82 Å². The Balaban J connectivity index is 1.11. The number of rotatable bonds is 33. The average Bonchev–Trinajstić information content (AvgIpc) is 3.63. The molecule has 366 valence electrons. The van der Waals surface area contributed by atoms with Gasteiger partial charge in [0.2, 0.25) is 5.91 Å². The first-order chi connectivity index (χ1) is 31.5. The van der Waals surface area contributed by atoms with Crippen molar-refractivity contribution in [2.45, 2.75) is 206 Å². The molecule has 2 aromatic rings. The molecule has 2 fully saturated rings. The molecule has 2 aromatic carbocycles. The van der Waals surface area contributed by atoms with Crippen LogP contribution >= 0.6 is 7.82 Å². The lowest BCUT2D eigenvalue weighted by Crippen LogP contribution is -2.44. The van der Waals surface area contributed by atoms with Gasteiger partial charge in [-0.05, 0) is 110 Å². The number of nitrogens with two attached hydrogens (primary N) is 1. The summed E-state index contributed by atoms with van der Waals surface area (Å²) in [4.78, 5) is 24.8. The maximum absolute atomic E-state index is 14.2. The molecule has 65 heavy (non-hydrogen) atoms. The van der Waals surface area contributed by atoms with E-state index < -0.39 is 19.5 Å². The number of ether oxygens (including phenoxy) is 2. The number of phenols is 1. The molecule has 0 bridgehead atoms. The fourth-order valence-electron chi connectivity index (χ4n) is 11.2. The summed E-state index contributed by atoms with van der Waals surface area (Å²) in [6, 6.07) is 9.24. The molecular formula is C53H85N2O9P. The fraction of sp³-hybridized carbons (Fsp3) is 0.736. The van der Waals surface area contributed by atoms with Crippen molar-refractivity contribution in [2.24, 2.45) is 23.0 Å². The molecule has 3 aliphatic rings. The fourth-order valence-corrected chi connectivity index (χ4v) is 12.4. The van der Waals surface area contributed by atoms with Crippen LogP contribution in [0, 0.1) is 17.3 Å². The minimum atomic E-state index is -3.81. The summed E-state index contributed by atoms with van der Waals surface area (Å²) >= 11 is 0. The molecule has 0 heterocycles. The molecule has 11 nitrogen and oxygen atoms in total. The molecule has 0 spiro atoms. The Morgan fingerprint density at radius 2 is 1.35 bits per heavy atom. The lowest BCUT2D eigenvalue weighted by molar-refractivity contribution is -0.119. The number of carbonyl (C=O) groups is 2. The van der Waals surface area contributed by atoms with Crippen molar-refractivity contribution in [2.75, 3.05) is 32.2 Å². The molecule has 3 unspecified atom stereocenters. The minimum absolute atomic E-state index is 0.0205. The van der Waals surface area contributed by atoms with Crippen molar-refractivity contribution in [1.29, 1.82) is 0 Å². The highest BCUT2D eigenvalue weighted by atomic mass is 31.2. The van der Waals surface area contributed by atoms with Gasteiger partial charge in [-0.2, -0.15) is 0 Å². The Kier molecular flexibility index (Phi) is 22.5. The Hall–Kier alpha value is -3.11. The molecular weight excluding hydrogens is 840 g/mol. The number of carbonyl (C=O) groups excluding carboxylic acids is 2. The van der Waals surface area contributed by atoms with Gasteiger partial charge in [0.05, 0.1) is 45.1 Å². The number of amides is 2. The largest absolute Gasteiger partial charge is 0.530 e. The van der Waals surface area contributed by atoms with E-state index in [0.29, 0.717) is 36.7 Å². The van der Waals surface area contributed by atoms with Gasteiger partial charge in [-0.15, -0.1) is 0 Å². The summed E-state index contributed by atoms with van der Waals surface area (Å²) in [5, 5.41) is 13.3. The number of phosphoric ester groups is 1. The van der Waals surface area contributed by atoms with Gasteiger partial charge in [0.1, 0.15) is 17.1 Å². The van der Waals surface area contributed by atoms with Crippen molar-refractivity contribution in [1.82, 2.24) is 0 Å². The van der Waals surface area contributed by atoms with Crippen molar-refractivity contribution in [3.63, 3.8) is 0 Å². The Morgan fingerprint density at radius 1 is 0.769 bits per heavy atom. The van der Waals surface area contributed by atoms with Gasteiger partial charge in [0.15, 0.2) is 5.75 Å². The van der Waals surface area contributed by atoms with E-state index in [1.165, 1.54) is 133 Å². The molecule has 2 amide bonds. The molecule has 0 aromatic heterocycles. The van der Waals surface area contributed by atoms with Crippen LogP contribution in [0.4, 0.5) is 5.69 Å². The predicted molar refractivity (Wildman–Crippen MR) is 261 cm³/mol. The highest BCUT2D eigenvalue weighted by Gasteiger charge is 2.55. The van der Waals surface area contributed by atoms with Gasteiger partial charge in [0.25, 0.3) is 5.91 Å². The zero-order valence-corrected chi connectivity index (χ0v) is 41.5. The molecule has 0 radical (unpaired) electrons. The molecule has 4 N–H and O–H groups in total. The first-order valence-corrected chi connectivity index (χ1v) is 27.3. The van der Waals surface area contributed by atoms with E-state index in [9.17, 15) is 19.3 Å². The molecule has 2 saturated carbocycles. The number of hydrogen-bond donors (Lipinski definition) is 3. The monoisotopic (exact) mass is 925 g/mol. The standard InChI is InChI=1S/C53H85N2O9P/c1-5-7-9-11-13-15-17-19-21-23-36-62-65(59,63-37-24-22-20-18-16-14-12-10-8-6-2)64-41-26-28-42-40(39-41)25-27-44-43(42)33-35-53(3)45(44)29-32-48(53)61-38-34-49(56)55-46-30-31-47(60-4)50(51(46)57)52(54)58/h26,28,30-31,39,43-45,48,57H,5-25,27,29,32-38H2,1-4H3,(H2,54,58)(H,55,56)/t43?,44?,45?,48-,53-/m1/s1. The van der Waals surface area contributed by atoms with Crippen LogP contribution in [0.25, 0.3) is 0 Å². The van der Waals surface area contributed by atoms with E-state index in [1.807, 2.05) is 6.07 Å². The highest BCUT2D eigenvalue weighted by molar-refractivity contribution is 7.48. The molecule has 3 aliphatic carbocycles. The Bertz CT molecular complexity index is 1780. The molecule has 0 saturated heterocycles. The van der Waals surface area contributed by atoms with Crippen molar-refractivity contribution in [3.05, 3.63) is 47.0 Å². The lowest BCUT2D eigenvalue weighted by Gasteiger charge is -2.50. The van der Waals surface area contributed by atoms with Crippen LogP contribution < -0.4 is 20.3 Å². The number of hydrogen-bond acceptors (Lipinski definition) is 9. The number of primary amides is 1. The quantitative estimate of drug-likeness (QED) is 0.0360. The summed E-state index contributed by atoms with van der Waals surface area (Å²) in [7, 11) is -2.43. The van der Waals surface area contributed by atoms with Crippen LogP contribution in [0.15, 0.2) is 30.3 Å². The summed E-state index contributed by atoms with van der Waals surface area (Å²) in [5.41, 5.74) is 8.04. The second-order valence-corrected chi connectivity index (χ2v) is 21.1. The third-order valence-corrected chi connectivity index (χ3v) is 16.3. The van der Waals surface area contributed by atoms with Crippen LogP contribution in [-0.4, -0.2) is 50.0 Å². The summed E-state index contributed by atoms with van der Waals surface area (Å²) in [5.74, 6) is 0.621. The third kappa shape index (κ3) is 15.7. The molecule has 5 rings (SSSR count). The topological polar surface area (TPSA) is 156 Å². The van der Waals surface area contributed by atoms with Crippen molar-refractivity contribution >= 4 is 25.3 Å². The molecule has 5 atom stereocenters. The Morgan fingerprint density at radius 3 is 1.92 bits per heavy atom. The van der Waals surface area contributed by atoms with Crippen LogP contribution in [-0.2, 0) is 29.6 Å². The van der Waals surface area contributed by atoms with Gasteiger partial charge in [0, 0.05) is 0 Å². The molecule has 0 aliphatic heterocycles. The number of unbranched alkanes of at least 4 members (excludes halogenated alkanes) is 18. The first kappa shape index (κ1) is 52.9. The first-order valence-electron chi connectivity index (χ1n) is 25.9. The lowest BCUT2D eigenvalue weighted by atomic mass is 9.55. The van der Waals surface area contributed by atoms with E-state index >= 15 is 0 Å². The number of fused-ring (bicyclic) bond motifs is 5. The minimum Gasteiger partial charge on any atom is -0.505 e. The normalized spacial score (nSPS) is 21.4. The molecule has 12 heteroatoms. The van der Waals surface area contributed by atoms with E-state index in [4.69, 9.17) is 28.8 Å². The van der Waals surface area contributed by atoms with Crippen molar-refractivity contribution in [3.8, 4) is 17.2 Å². The highest BCUT2D eigenvalue weighted by Crippen LogP contribution is 2.62. The van der Waals surface area contributed by atoms with E-state index in [2.05, 4.69) is 38.2 Å². The second-order valence-electron chi connectivity index (χ2n) is 19.5. The SMILES string of the molecule is CCCCCCCCCCCCOP(=O)(OCCCCCCCCCCCC)Oc1ccc2c(c1)CCC1C2CC[C@]2(C)C1CC[C@H]2OCCC(=O)Nc1ccc(OC)c(C(N)=O)c1O. The van der Waals surface area contributed by atoms with Gasteiger partial charge in [-0.1, -0.05) is 142 Å². The van der Waals surface area contributed by atoms with Gasteiger partial charge in [-0.25, -0.2) is 4.57 Å². The zero-order valence-electron chi connectivity index (χ0n) is 40.6. The number of anilines is 1. The van der Waals surface area contributed by atoms with Crippen LogP contribution in [0.2, 0.25) is 0 Å². The average molecular weight is 925 g/mol. The van der Waals surface area contributed by atoms with E-state index in [0.717, 1.165) is 64.2 Å². The van der Waals surface area contributed by atoms with Gasteiger partial charge in [-0.3, -0.25) is 18.6 Å². The number of phosphoric acid groups is 1. The van der Waals surface area contributed by atoms with E-state index in [-0.39, 0.29) is 47.5 Å². The van der Waals surface area contributed by atoms with Crippen LogP contribution in [0.5, 0.6) is 17.2 Å². The second kappa shape index (κ2) is 27.6. The Labute approximate surface area is 392 Å². The number of nitrogens with one attached hydrogen (secondary N) is 1. The maximum Gasteiger partial charge on any atom is 0.530 e. The smallest absolute Gasteiger partial charge is 0.505 e. The number of benzene rings is 2. The predicted octanol–water partition coefficient (Wildman–Crippen LogP) is 14.1. The summed E-state index contributed by atoms with van der Waals surface area (Å²) in [6.45, 7) is 7.88. The third-order valence-electron chi connectivity index (χ3n) is 14.9. The zero-order chi connectivity index (χ0) is 46.5. The van der Waals surface area contributed by atoms with Crippen LogP contribution in [0.1, 0.15) is 215 Å². The number of methoxy groups -OCH3 is 1. The summed E-state index contributed by atoms with van der Waals surface area (Å²) < 4.78 is 44.2. The number of aromatic hydroxyl groups is 1. The van der Waals surface area contributed by atoms with Crippen LogP contribution in [0.3, 0.4) is 0 Å². The van der Waals surface area contributed by atoms with Gasteiger partial charge < -0.3 is 30.2 Å².